The fraction of sp³-hybridized carbons (Fsp3) is 0.917. The Morgan fingerprint density at radius 2 is 2.22 bits per heavy atom. The van der Waals surface area contributed by atoms with Gasteiger partial charge in [-0.25, -0.2) is 13.1 Å². The zero-order valence-corrected chi connectivity index (χ0v) is 12.1. The Labute approximate surface area is 110 Å². The summed E-state index contributed by atoms with van der Waals surface area (Å²) in [6, 6.07) is 0. The summed E-state index contributed by atoms with van der Waals surface area (Å²) in [5, 5.41) is 4.01. The Morgan fingerprint density at radius 3 is 2.89 bits per heavy atom. The van der Waals surface area contributed by atoms with Crippen molar-refractivity contribution >= 4 is 15.7 Å². The van der Waals surface area contributed by atoms with E-state index >= 15 is 0 Å². The van der Waals surface area contributed by atoms with E-state index in [1.807, 2.05) is 6.92 Å². The van der Waals surface area contributed by atoms with Gasteiger partial charge in [-0.1, -0.05) is 24.9 Å². The van der Waals surface area contributed by atoms with Crippen LogP contribution in [-0.2, 0) is 14.9 Å². The number of rotatable bonds is 7. The second kappa shape index (κ2) is 7.74. The summed E-state index contributed by atoms with van der Waals surface area (Å²) in [6.07, 6.45) is 5.73. The first-order valence-corrected chi connectivity index (χ1v) is 8.31. The molecule has 106 valence electrons. The number of hydrogen-bond donors (Lipinski definition) is 1. The predicted octanol–water partition coefficient (Wildman–Crippen LogP) is 1.90. The van der Waals surface area contributed by atoms with E-state index in [-0.39, 0.29) is 11.7 Å². The largest absolute Gasteiger partial charge is 0.399 e. The lowest BCUT2D eigenvalue weighted by atomic mass is 9.87. The molecule has 0 aromatic rings. The molecule has 18 heavy (non-hydrogen) atoms. The van der Waals surface area contributed by atoms with E-state index in [4.69, 9.17) is 4.84 Å². The Morgan fingerprint density at radius 1 is 1.44 bits per heavy atom. The van der Waals surface area contributed by atoms with E-state index in [0.717, 1.165) is 37.8 Å². The number of nitrogens with zero attached hydrogens (tertiary/aromatic N) is 1. The molecular weight excluding hydrogens is 252 g/mol. The Kier molecular flexibility index (Phi) is 6.63. The number of unbranched alkanes of at least 4 members (excludes halogenated alkanes) is 1. The number of oxime groups is 1. The fourth-order valence-corrected chi connectivity index (χ4v) is 3.43. The normalized spacial score (nSPS) is 23.2. The molecule has 0 spiro atoms. The van der Waals surface area contributed by atoms with Crippen LogP contribution in [0.4, 0.5) is 0 Å². The lowest BCUT2D eigenvalue weighted by Gasteiger charge is -2.23. The highest BCUT2D eigenvalue weighted by Crippen LogP contribution is 2.21. The smallest absolute Gasteiger partial charge is 0.211 e. The van der Waals surface area contributed by atoms with Crippen molar-refractivity contribution in [1.29, 1.82) is 0 Å². The third-order valence-electron chi connectivity index (χ3n) is 3.23. The molecule has 0 saturated heterocycles. The summed E-state index contributed by atoms with van der Waals surface area (Å²) in [7, 11) is -1.60. The lowest BCUT2D eigenvalue weighted by Crippen LogP contribution is -2.35. The highest BCUT2D eigenvalue weighted by atomic mass is 32.2. The predicted molar refractivity (Wildman–Crippen MR) is 73.1 cm³/mol. The molecule has 1 N–H and O–H groups in total. The third-order valence-corrected chi connectivity index (χ3v) is 4.66. The van der Waals surface area contributed by atoms with Gasteiger partial charge in [-0.2, -0.15) is 0 Å². The van der Waals surface area contributed by atoms with Crippen molar-refractivity contribution in [3.05, 3.63) is 0 Å². The second-order valence-electron chi connectivity index (χ2n) is 4.73. The number of sulfonamides is 1. The molecule has 1 aliphatic carbocycles. The van der Waals surface area contributed by atoms with Crippen molar-refractivity contribution in [3.63, 3.8) is 0 Å². The van der Waals surface area contributed by atoms with Gasteiger partial charge in [0, 0.05) is 12.5 Å². The van der Waals surface area contributed by atoms with Crippen LogP contribution in [0.25, 0.3) is 0 Å². The van der Waals surface area contributed by atoms with Gasteiger partial charge >= 0.3 is 0 Å². The van der Waals surface area contributed by atoms with Gasteiger partial charge in [0.25, 0.3) is 0 Å². The summed E-state index contributed by atoms with van der Waals surface area (Å²) >= 11 is 0. The SMILES string of the molecule is CCCCS(=O)(=O)NCC1CCCC/C1=N\OC. The first-order chi connectivity index (χ1) is 8.59. The van der Waals surface area contributed by atoms with Crippen LogP contribution < -0.4 is 4.72 Å². The van der Waals surface area contributed by atoms with Gasteiger partial charge < -0.3 is 4.84 Å². The van der Waals surface area contributed by atoms with E-state index in [0.29, 0.717) is 13.0 Å². The second-order valence-corrected chi connectivity index (χ2v) is 6.66. The minimum absolute atomic E-state index is 0.190. The molecule has 1 fully saturated rings. The zero-order chi connectivity index (χ0) is 13.4. The monoisotopic (exact) mass is 276 g/mol. The van der Waals surface area contributed by atoms with Gasteiger partial charge in [-0.05, 0) is 25.7 Å². The van der Waals surface area contributed by atoms with E-state index in [2.05, 4.69) is 9.88 Å². The van der Waals surface area contributed by atoms with E-state index < -0.39 is 10.0 Å². The Balaban J connectivity index is 2.47. The minimum atomic E-state index is -3.13. The van der Waals surface area contributed by atoms with E-state index in [1.54, 1.807) is 0 Å². The highest BCUT2D eigenvalue weighted by molar-refractivity contribution is 7.89. The summed E-state index contributed by atoms with van der Waals surface area (Å²) < 4.78 is 26.1. The number of hydrogen-bond acceptors (Lipinski definition) is 4. The number of nitrogens with one attached hydrogen (secondary N) is 1. The molecule has 1 saturated carbocycles. The summed E-state index contributed by atoms with van der Waals surface area (Å²) in [5.74, 6) is 0.405. The molecule has 1 aliphatic rings. The zero-order valence-electron chi connectivity index (χ0n) is 11.3. The van der Waals surface area contributed by atoms with Crippen molar-refractivity contribution < 1.29 is 13.3 Å². The maximum Gasteiger partial charge on any atom is 0.211 e. The molecule has 0 aliphatic heterocycles. The molecule has 0 radical (unpaired) electrons. The lowest BCUT2D eigenvalue weighted by molar-refractivity contribution is 0.208. The molecular formula is C12H24N2O3S. The molecule has 1 unspecified atom stereocenters. The average molecular weight is 276 g/mol. The van der Waals surface area contributed by atoms with Gasteiger partial charge in [0.2, 0.25) is 10.0 Å². The molecule has 5 nitrogen and oxygen atoms in total. The molecule has 0 heterocycles. The van der Waals surface area contributed by atoms with Crippen LogP contribution in [0.1, 0.15) is 45.4 Å². The summed E-state index contributed by atoms with van der Waals surface area (Å²) in [5.41, 5.74) is 0.988. The topological polar surface area (TPSA) is 67.8 Å². The molecule has 0 amide bonds. The van der Waals surface area contributed by atoms with Crippen LogP contribution in [0.5, 0.6) is 0 Å². The van der Waals surface area contributed by atoms with Crippen LogP contribution in [-0.4, -0.2) is 33.5 Å². The van der Waals surface area contributed by atoms with Crippen molar-refractivity contribution in [1.82, 2.24) is 4.72 Å². The van der Waals surface area contributed by atoms with E-state index in [9.17, 15) is 8.42 Å². The third kappa shape index (κ3) is 5.35. The molecule has 1 atom stereocenters. The van der Waals surface area contributed by atoms with Gasteiger partial charge in [0.15, 0.2) is 0 Å². The maximum atomic E-state index is 11.7. The Hall–Kier alpha value is -0.620. The fourth-order valence-electron chi connectivity index (χ4n) is 2.16. The van der Waals surface area contributed by atoms with Gasteiger partial charge in [-0.3, -0.25) is 0 Å². The van der Waals surface area contributed by atoms with Crippen molar-refractivity contribution in [2.45, 2.75) is 45.4 Å². The standard InChI is InChI=1S/C12H24N2O3S/c1-3-4-9-18(15,16)13-10-11-7-5-6-8-12(11)14-17-2/h11,13H,3-10H2,1-2H3/b14-12+. The van der Waals surface area contributed by atoms with Crippen LogP contribution in [0.15, 0.2) is 5.16 Å². The minimum Gasteiger partial charge on any atom is -0.399 e. The molecule has 1 rings (SSSR count). The molecule has 0 aromatic carbocycles. The van der Waals surface area contributed by atoms with Gasteiger partial charge in [-0.15, -0.1) is 0 Å². The maximum absolute atomic E-state index is 11.7. The first-order valence-electron chi connectivity index (χ1n) is 6.66. The van der Waals surface area contributed by atoms with E-state index in [1.165, 1.54) is 7.11 Å². The van der Waals surface area contributed by atoms with Crippen LogP contribution in [0, 0.1) is 5.92 Å². The van der Waals surface area contributed by atoms with Gasteiger partial charge in [0.1, 0.15) is 7.11 Å². The van der Waals surface area contributed by atoms with Crippen LogP contribution >= 0.6 is 0 Å². The van der Waals surface area contributed by atoms with Crippen molar-refractivity contribution in [2.75, 3.05) is 19.4 Å². The first kappa shape index (κ1) is 15.4. The van der Waals surface area contributed by atoms with Crippen molar-refractivity contribution in [2.24, 2.45) is 11.1 Å². The Bertz CT molecular complexity index is 366. The highest BCUT2D eigenvalue weighted by Gasteiger charge is 2.22. The van der Waals surface area contributed by atoms with Crippen molar-refractivity contribution in [3.8, 4) is 0 Å². The molecule has 0 bridgehead atoms. The quantitative estimate of drug-likeness (QED) is 0.722. The van der Waals surface area contributed by atoms with Crippen LogP contribution in [0.3, 0.4) is 0 Å². The summed E-state index contributed by atoms with van der Waals surface area (Å²) in [4.78, 5) is 4.82. The summed E-state index contributed by atoms with van der Waals surface area (Å²) in [6.45, 7) is 2.44. The molecule has 6 heteroatoms. The van der Waals surface area contributed by atoms with Gasteiger partial charge in [0.05, 0.1) is 11.5 Å². The molecule has 0 aromatic heterocycles. The average Bonchev–Trinajstić information content (AvgIpc) is 2.36. The van der Waals surface area contributed by atoms with Crippen LogP contribution in [0.2, 0.25) is 0 Å².